The largest absolute Gasteiger partial charge is 0.364 e. The Morgan fingerprint density at radius 2 is 2.08 bits per heavy atom. The summed E-state index contributed by atoms with van der Waals surface area (Å²) in [5.41, 5.74) is 1.70. The minimum absolute atomic E-state index is 0.393. The zero-order valence-electron chi connectivity index (χ0n) is 8.46. The van der Waals surface area contributed by atoms with Gasteiger partial charge in [0.2, 0.25) is 0 Å². The molecule has 2 heteroatoms. The zero-order valence-corrected chi connectivity index (χ0v) is 8.46. The van der Waals surface area contributed by atoms with Crippen LogP contribution in [0.25, 0.3) is 0 Å². The molecule has 0 saturated heterocycles. The lowest BCUT2D eigenvalue weighted by atomic mass is 9.62. The van der Waals surface area contributed by atoms with E-state index in [1.807, 2.05) is 0 Å². The van der Waals surface area contributed by atoms with Gasteiger partial charge in [-0.05, 0) is 17.1 Å². The molecule has 0 aliphatic heterocycles. The summed E-state index contributed by atoms with van der Waals surface area (Å²) in [6.07, 6.45) is 3.21. The summed E-state index contributed by atoms with van der Waals surface area (Å²) in [7, 11) is 4.37. The van der Waals surface area contributed by atoms with Crippen LogP contribution in [0.2, 0.25) is 6.32 Å². The molecule has 0 saturated carbocycles. The Kier molecular flexibility index (Phi) is 2.66. The van der Waals surface area contributed by atoms with E-state index in [1.165, 1.54) is 5.59 Å². The molecule has 1 radical (unpaired) electrons. The van der Waals surface area contributed by atoms with Gasteiger partial charge in [-0.1, -0.05) is 33.2 Å². The maximum Gasteiger partial charge on any atom is 0.175 e. The van der Waals surface area contributed by atoms with Crippen LogP contribution in [0, 0.1) is 5.41 Å². The van der Waals surface area contributed by atoms with E-state index in [-0.39, 0.29) is 0 Å². The predicted molar refractivity (Wildman–Crippen MR) is 55.1 cm³/mol. The first-order valence-electron chi connectivity index (χ1n) is 4.43. The molecular weight excluding hydrogens is 145 g/mol. The molecule has 0 N–H and O–H groups in total. The molecule has 0 aliphatic carbocycles. The standard InChI is InChI=1S/C10H17BN/c1-10(2,3)8-11-9-6-5-7-12(9)4/h5-7H,8H2,1-4H3. The lowest BCUT2D eigenvalue weighted by Gasteiger charge is -2.17. The van der Waals surface area contributed by atoms with Crippen LogP contribution in [-0.2, 0) is 7.05 Å². The van der Waals surface area contributed by atoms with Crippen molar-refractivity contribution in [3.8, 4) is 0 Å². The molecule has 1 aromatic rings. The Morgan fingerprint density at radius 3 is 2.50 bits per heavy atom. The molecule has 0 amide bonds. The SMILES string of the molecule is Cn1cccc1[B]CC(C)(C)C. The third-order valence-corrected chi connectivity index (χ3v) is 1.91. The number of nitrogens with zero attached hydrogens (tertiary/aromatic N) is 1. The fourth-order valence-corrected chi connectivity index (χ4v) is 1.10. The molecule has 1 heterocycles. The van der Waals surface area contributed by atoms with Crippen molar-refractivity contribution in [2.75, 3.05) is 0 Å². The zero-order chi connectivity index (χ0) is 9.19. The van der Waals surface area contributed by atoms with Crippen LogP contribution in [0.1, 0.15) is 20.8 Å². The fourth-order valence-electron chi connectivity index (χ4n) is 1.10. The van der Waals surface area contributed by atoms with E-state index in [2.05, 4.69) is 58.0 Å². The third-order valence-electron chi connectivity index (χ3n) is 1.91. The third kappa shape index (κ3) is 2.76. The summed E-state index contributed by atoms with van der Waals surface area (Å²) < 4.78 is 2.14. The van der Waals surface area contributed by atoms with Crippen LogP contribution in [0.3, 0.4) is 0 Å². The average Bonchev–Trinajstić information content (AvgIpc) is 2.29. The number of rotatable bonds is 2. The summed E-state index contributed by atoms with van der Waals surface area (Å²) in [6, 6.07) is 4.22. The van der Waals surface area contributed by atoms with E-state index >= 15 is 0 Å². The molecule has 0 bridgehead atoms. The van der Waals surface area contributed by atoms with Gasteiger partial charge in [-0.15, -0.1) is 0 Å². The van der Waals surface area contributed by atoms with Crippen LogP contribution in [0.5, 0.6) is 0 Å². The van der Waals surface area contributed by atoms with Crippen molar-refractivity contribution in [1.82, 2.24) is 4.57 Å². The Bertz CT molecular complexity index is 245. The molecule has 0 aromatic carbocycles. The topological polar surface area (TPSA) is 4.93 Å². The van der Waals surface area contributed by atoms with Gasteiger partial charge in [0, 0.05) is 13.2 Å². The molecule has 0 fully saturated rings. The summed E-state index contributed by atoms with van der Waals surface area (Å²) in [4.78, 5) is 0. The number of hydrogen-bond acceptors (Lipinski definition) is 0. The highest BCUT2D eigenvalue weighted by molar-refractivity contribution is 6.52. The van der Waals surface area contributed by atoms with Crippen molar-refractivity contribution in [2.24, 2.45) is 12.5 Å². The first kappa shape index (κ1) is 9.43. The Morgan fingerprint density at radius 1 is 1.42 bits per heavy atom. The normalized spacial score (nSPS) is 11.7. The lowest BCUT2D eigenvalue weighted by molar-refractivity contribution is 0.467. The molecular formula is C10H17BN. The molecule has 65 valence electrons. The van der Waals surface area contributed by atoms with Gasteiger partial charge in [-0.3, -0.25) is 0 Å². The number of aromatic nitrogens is 1. The maximum atomic E-state index is 2.29. The van der Waals surface area contributed by atoms with E-state index in [4.69, 9.17) is 0 Å². The summed E-state index contributed by atoms with van der Waals surface area (Å²) in [5.74, 6) is 0. The highest BCUT2D eigenvalue weighted by atomic mass is 14.9. The average molecular weight is 162 g/mol. The van der Waals surface area contributed by atoms with E-state index < -0.39 is 0 Å². The number of hydrogen-bond donors (Lipinski definition) is 0. The van der Waals surface area contributed by atoms with Crippen molar-refractivity contribution in [2.45, 2.75) is 27.1 Å². The molecule has 0 atom stereocenters. The van der Waals surface area contributed by atoms with Crippen molar-refractivity contribution in [1.29, 1.82) is 0 Å². The van der Waals surface area contributed by atoms with Crippen LogP contribution >= 0.6 is 0 Å². The van der Waals surface area contributed by atoms with E-state index in [0.29, 0.717) is 5.41 Å². The maximum absolute atomic E-state index is 2.29. The van der Waals surface area contributed by atoms with Gasteiger partial charge in [0.15, 0.2) is 7.28 Å². The molecule has 12 heavy (non-hydrogen) atoms. The van der Waals surface area contributed by atoms with Crippen molar-refractivity contribution < 1.29 is 0 Å². The van der Waals surface area contributed by atoms with Crippen LogP contribution in [0.4, 0.5) is 0 Å². The Hall–Kier alpha value is -0.655. The van der Waals surface area contributed by atoms with Crippen molar-refractivity contribution in [3.05, 3.63) is 18.3 Å². The van der Waals surface area contributed by atoms with Crippen LogP contribution < -0.4 is 5.59 Å². The smallest absolute Gasteiger partial charge is 0.175 e. The second-order valence-electron chi connectivity index (χ2n) is 4.51. The molecule has 0 aliphatic rings. The molecule has 0 unspecified atom stereocenters. The second-order valence-corrected chi connectivity index (χ2v) is 4.51. The van der Waals surface area contributed by atoms with Gasteiger partial charge in [-0.25, -0.2) is 0 Å². The van der Waals surface area contributed by atoms with Gasteiger partial charge in [0.05, 0.1) is 0 Å². The Labute approximate surface area is 76.0 Å². The minimum atomic E-state index is 0.393. The molecule has 0 spiro atoms. The molecule has 1 rings (SSSR count). The van der Waals surface area contributed by atoms with E-state index in [9.17, 15) is 0 Å². The summed E-state index contributed by atoms with van der Waals surface area (Å²) >= 11 is 0. The van der Waals surface area contributed by atoms with Crippen LogP contribution in [-0.4, -0.2) is 11.8 Å². The van der Waals surface area contributed by atoms with Gasteiger partial charge >= 0.3 is 0 Å². The quantitative estimate of drug-likeness (QED) is 0.584. The Balaban J connectivity index is 2.49. The van der Waals surface area contributed by atoms with Crippen molar-refractivity contribution in [3.63, 3.8) is 0 Å². The predicted octanol–water partition coefficient (Wildman–Crippen LogP) is 1.82. The highest BCUT2D eigenvalue weighted by Gasteiger charge is 2.11. The van der Waals surface area contributed by atoms with Crippen molar-refractivity contribution >= 4 is 12.9 Å². The fraction of sp³-hybridized carbons (Fsp3) is 0.600. The lowest BCUT2D eigenvalue weighted by Crippen LogP contribution is -2.24. The van der Waals surface area contributed by atoms with Gasteiger partial charge in [0.1, 0.15) is 0 Å². The van der Waals surface area contributed by atoms with E-state index in [1.54, 1.807) is 0 Å². The first-order valence-corrected chi connectivity index (χ1v) is 4.43. The molecule has 1 aromatic heterocycles. The number of aryl methyl sites for hydroxylation is 1. The van der Waals surface area contributed by atoms with Gasteiger partial charge in [0.25, 0.3) is 0 Å². The second kappa shape index (κ2) is 3.38. The minimum Gasteiger partial charge on any atom is -0.364 e. The monoisotopic (exact) mass is 162 g/mol. The van der Waals surface area contributed by atoms with Gasteiger partial charge < -0.3 is 4.57 Å². The summed E-state index contributed by atoms with van der Waals surface area (Å²) in [6.45, 7) is 6.77. The van der Waals surface area contributed by atoms with Gasteiger partial charge in [-0.2, -0.15) is 0 Å². The highest BCUT2D eigenvalue weighted by Crippen LogP contribution is 2.17. The first-order chi connectivity index (χ1) is 5.49. The summed E-state index contributed by atoms with van der Waals surface area (Å²) in [5, 5.41) is 0. The molecule has 1 nitrogen and oxygen atoms in total. The van der Waals surface area contributed by atoms with E-state index in [0.717, 1.165) is 6.32 Å². The van der Waals surface area contributed by atoms with Crippen LogP contribution in [0.15, 0.2) is 18.3 Å².